The molecule has 0 bridgehead atoms. The molecule has 0 saturated carbocycles. The van der Waals surface area contributed by atoms with Crippen molar-refractivity contribution in [3.63, 3.8) is 0 Å². The Morgan fingerprint density at radius 1 is 1.38 bits per heavy atom. The van der Waals surface area contributed by atoms with Gasteiger partial charge in [0.25, 0.3) is 0 Å². The Hall–Kier alpha value is -1.62. The summed E-state index contributed by atoms with van der Waals surface area (Å²) in [6, 6.07) is 5.07. The number of carbonyl (C=O) groups excluding carboxylic acids is 1. The monoisotopic (exact) mass is 334 g/mol. The minimum Gasteiger partial charge on any atom is -0.381 e. The molecule has 0 radical (unpaired) electrons. The molecule has 24 heavy (non-hydrogen) atoms. The first kappa shape index (κ1) is 17.2. The quantitative estimate of drug-likeness (QED) is 0.924. The van der Waals surface area contributed by atoms with Crippen molar-refractivity contribution in [1.82, 2.24) is 5.32 Å². The average molecular weight is 334 g/mol. The first-order valence-corrected chi connectivity index (χ1v) is 8.88. The topological polar surface area (TPSA) is 41.6 Å². The van der Waals surface area contributed by atoms with Gasteiger partial charge in [-0.1, -0.05) is 6.92 Å². The fourth-order valence-corrected chi connectivity index (χ4v) is 3.70. The van der Waals surface area contributed by atoms with Crippen molar-refractivity contribution in [3.8, 4) is 0 Å². The number of benzene rings is 1. The standard InChI is InChI=1S/C19H27FN2O2/c1-14-12-15(20)5-6-17(14)22-9-3-4-16(13-22)21-18(23)19(2)7-10-24-11-8-19/h5-6,12,16H,3-4,7-11,13H2,1-2H3,(H,21,23)/t16-/m1/s1. The van der Waals surface area contributed by atoms with Gasteiger partial charge in [-0.3, -0.25) is 4.79 Å². The van der Waals surface area contributed by atoms with Crippen LogP contribution in [0.5, 0.6) is 0 Å². The Morgan fingerprint density at radius 2 is 2.12 bits per heavy atom. The number of carbonyl (C=O) groups is 1. The summed E-state index contributed by atoms with van der Waals surface area (Å²) in [6.45, 7) is 7.03. The van der Waals surface area contributed by atoms with Crippen LogP contribution < -0.4 is 10.2 Å². The van der Waals surface area contributed by atoms with Gasteiger partial charge in [0.15, 0.2) is 0 Å². The summed E-state index contributed by atoms with van der Waals surface area (Å²) in [4.78, 5) is 15.0. The van der Waals surface area contributed by atoms with Gasteiger partial charge in [0.05, 0.1) is 5.41 Å². The summed E-state index contributed by atoms with van der Waals surface area (Å²) >= 11 is 0. The van der Waals surface area contributed by atoms with Crippen LogP contribution in [0.25, 0.3) is 0 Å². The zero-order valence-electron chi connectivity index (χ0n) is 14.6. The zero-order chi connectivity index (χ0) is 17.2. The van der Waals surface area contributed by atoms with Crippen LogP contribution in [0.1, 0.15) is 38.2 Å². The van der Waals surface area contributed by atoms with Crippen LogP contribution in [-0.4, -0.2) is 38.3 Å². The summed E-state index contributed by atoms with van der Waals surface area (Å²) in [6.07, 6.45) is 3.59. The third kappa shape index (κ3) is 3.72. The highest BCUT2D eigenvalue weighted by molar-refractivity contribution is 5.82. The number of hydrogen-bond donors (Lipinski definition) is 1. The highest BCUT2D eigenvalue weighted by Gasteiger charge is 2.36. The molecule has 1 atom stereocenters. The van der Waals surface area contributed by atoms with E-state index >= 15 is 0 Å². The molecule has 2 heterocycles. The number of hydrogen-bond acceptors (Lipinski definition) is 3. The fraction of sp³-hybridized carbons (Fsp3) is 0.632. The molecular formula is C19H27FN2O2. The molecule has 0 unspecified atom stereocenters. The predicted octanol–water partition coefficient (Wildman–Crippen LogP) is 3.04. The third-order valence-corrected chi connectivity index (χ3v) is 5.40. The van der Waals surface area contributed by atoms with Crippen LogP contribution in [-0.2, 0) is 9.53 Å². The van der Waals surface area contributed by atoms with Gasteiger partial charge in [0.1, 0.15) is 5.82 Å². The molecule has 3 rings (SSSR count). The summed E-state index contributed by atoms with van der Waals surface area (Å²) in [5.41, 5.74) is 1.69. The fourth-order valence-electron chi connectivity index (χ4n) is 3.70. The molecule has 132 valence electrons. The maximum Gasteiger partial charge on any atom is 0.226 e. The minimum absolute atomic E-state index is 0.147. The summed E-state index contributed by atoms with van der Waals surface area (Å²) < 4.78 is 18.7. The number of piperidine rings is 1. The van der Waals surface area contributed by atoms with E-state index in [1.165, 1.54) is 6.07 Å². The van der Waals surface area contributed by atoms with E-state index in [0.717, 1.165) is 50.0 Å². The van der Waals surface area contributed by atoms with E-state index in [1.807, 2.05) is 19.9 Å². The summed E-state index contributed by atoms with van der Waals surface area (Å²) in [7, 11) is 0. The Bertz CT molecular complexity index is 599. The van der Waals surface area contributed by atoms with Gasteiger partial charge in [0.2, 0.25) is 5.91 Å². The minimum atomic E-state index is -0.313. The zero-order valence-corrected chi connectivity index (χ0v) is 14.6. The second-order valence-corrected chi connectivity index (χ2v) is 7.36. The molecule has 1 aromatic carbocycles. The third-order valence-electron chi connectivity index (χ3n) is 5.40. The van der Waals surface area contributed by atoms with E-state index in [-0.39, 0.29) is 23.2 Å². The molecule has 2 saturated heterocycles. The molecule has 2 aliphatic heterocycles. The van der Waals surface area contributed by atoms with Crippen molar-refractivity contribution >= 4 is 11.6 Å². The lowest BCUT2D eigenvalue weighted by molar-refractivity contribution is -0.136. The second kappa shape index (κ2) is 7.09. The lowest BCUT2D eigenvalue weighted by Crippen LogP contribution is -2.52. The largest absolute Gasteiger partial charge is 0.381 e. The number of aryl methyl sites for hydroxylation is 1. The van der Waals surface area contributed by atoms with E-state index < -0.39 is 0 Å². The maximum absolute atomic E-state index is 13.3. The summed E-state index contributed by atoms with van der Waals surface area (Å²) in [5, 5.41) is 3.25. The highest BCUT2D eigenvalue weighted by Crippen LogP contribution is 2.31. The van der Waals surface area contributed by atoms with Crippen LogP contribution in [0, 0.1) is 18.2 Å². The normalized spacial score (nSPS) is 23.8. The number of ether oxygens (including phenoxy) is 1. The number of anilines is 1. The molecule has 1 N–H and O–H groups in total. The van der Waals surface area contributed by atoms with Crippen molar-refractivity contribution < 1.29 is 13.9 Å². The molecule has 1 aromatic rings. The SMILES string of the molecule is Cc1cc(F)ccc1N1CCC[C@@H](NC(=O)C2(C)CCOCC2)C1. The van der Waals surface area contributed by atoms with Gasteiger partial charge >= 0.3 is 0 Å². The number of nitrogens with zero attached hydrogens (tertiary/aromatic N) is 1. The van der Waals surface area contributed by atoms with E-state index in [1.54, 1.807) is 6.07 Å². The Labute approximate surface area is 143 Å². The number of halogens is 1. The van der Waals surface area contributed by atoms with Crippen molar-refractivity contribution in [2.45, 2.75) is 45.6 Å². The first-order valence-electron chi connectivity index (χ1n) is 8.88. The predicted molar refractivity (Wildman–Crippen MR) is 92.7 cm³/mol. The van der Waals surface area contributed by atoms with Gasteiger partial charge in [-0.2, -0.15) is 0 Å². The van der Waals surface area contributed by atoms with Crippen LogP contribution in [0.2, 0.25) is 0 Å². The Balaban J connectivity index is 1.64. The van der Waals surface area contributed by atoms with Gasteiger partial charge in [-0.25, -0.2) is 4.39 Å². The molecular weight excluding hydrogens is 307 g/mol. The van der Waals surface area contributed by atoms with Crippen molar-refractivity contribution in [2.24, 2.45) is 5.41 Å². The number of nitrogens with one attached hydrogen (secondary N) is 1. The van der Waals surface area contributed by atoms with E-state index in [4.69, 9.17) is 4.74 Å². The van der Waals surface area contributed by atoms with Gasteiger partial charge in [-0.05, 0) is 56.4 Å². The average Bonchev–Trinajstić information content (AvgIpc) is 2.56. The molecule has 0 spiro atoms. The molecule has 2 fully saturated rings. The smallest absolute Gasteiger partial charge is 0.226 e. The lowest BCUT2D eigenvalue weighted by Gasteiger charge is -2.38. The molecule has 4 nitrogen and oxygen atoms in total. The molecule has 5 heteroatoms. The Kier molecular flexibility index (Phi) is 5.09. The molecule has 0 aliphatic carbocycles. The second-order valence-electron chi connectivity index (χ2n) is 7.36. The molecule has 0 aromatic heterocycles. The summed E-state index contributed by atoms with van der Waals surface area (Å²) in [5.74, 6) is -0.0565. The van der Waals surface area contributed by atoms with Gasteiger partial charge in [0, 0.05) is 38.0 Å². The number of rotatable bonds is 3. The van der Waals surface area contributed by atoms with Crippen LogP contribution in [0.3, 0.4) is 0 Å². The Morgan fingerprint density at radius 3 is 2.83 bits per heavy atom. The van der Waals surface area contributed by atoms with E-state index in [9.17, 15) is 9.18 Å². The first-order chi connectivity index (χ1) is 11.5. The van der Waals surface area contributed by atoms with Crippen LogP contribution >= 0.6 is 0 Å². The van der Waals surface area contributed by atoms with Crippen molar-refractivity contribution in [3.05, 3.63) is 29.6 Å². The van der Waals surface area contributed by atoms with Crippen molar-refractivity contribution in [1.29, 1.82) is 0 Å². The maximum atomic E-state index is 13.3. The van der Waals surface area contributed by atoms with Crippen LogP contribution in [0.4, 0.5) is 10.1 Å². The molecule has 1 amide bonds. The van der Waals surface area contributed by atoms with E-state index in [0.29, 0.717) is 13.2 Å². The van der Waals surface area contributed by atoms with Crippen LogP contribution in [0.15, 0.2) is 18.2 Å². The van der Waals surface area contributed by atoms with Crippen molar-refractivity contribution in [2.75, 3.05) is 31.2 Å². The highest BCUT2D eigenvalue weighted by atomic mass is 19.1. The number of amides is 1. The molecule has 2 aliphatic rings. The van der Waals surface area contributed by atoms with Gasteiger partial charge < -0.3 is 15.0 Å². The lowest BCUT2D eigenvalue weighted by atomic mass is 9.81. The van der Waals surface area contributed by atoms with Gasteiger partial charge in [-0.15, -0.1) is 0 Å². The van der Waals surface area contributed by atoms with E-state index in [2.05, 4.69) is 10.2 Å².